The lowest BCUT2D eigenvalue weighted by Crippen LogP contribution is -2.68. The van der Waals surface area contributed by atoms with Crippen LogP contribution in [0.15, 0.2) is 23.4 Å². The number of amides is 1. The van der Waals surface area contributed by atoms with Crippen molar-refractivity contribution in [1.29, 1.82) is 0 Å². The number of allylic oxidation sites excluding steroid dienone is 1. The van der Waals surface area contributed by atoms with Crippen molar-refractivity contribution >= 4 is 23.6 Å². The molecular weight excluding hydrogens is 328 g/mol. The molecule has 7 nitrogen and oxygen atoms in total. The molecule has 0 aliphatic carbocycles. The van der Waals surface area contributed by atoms with Crippen molar-refractivity contribution in [3.8, 4) is 0 Å². The number of β-lactam (4-membered cyclic amide) rings is 1. The van der Waals surface area contributed by atoms with Crippen LogP contribution >= 0.6 is 11.8 Å². The van der Waals surface area contributed by atoms with Gasteiger partial charge in [-0.1, -0.05) is 6.08 Å². The Morgan fingerprint density at radius 1 is 1.46 bits per heavy atom. The lowest BCUT2D eigenvalue weighted by atomic mass is 10.0. The van der Waals surface area contributed by atoms with Gasteiger partial charge in [-0.25, -0.2) is 4.79 Å². The minimum absolute atomic E-state index is 0.0998. The molecule has 0 unspecified atom stereocenters. The Balaban J connectivity index is 1.73. The molecule has 3 aliphatic rings. The number of piperazine rings is 1. The number of carbonyl (C=O) groups is 2. The quantitative estimate of drug-likeness (QED) is 0.524. The largest absolute Gasteiger partial charge is 0.477 e. The summed E-state index contributed by atoms with van der Waals surface area (Å²) in [5, 5.41) is 9.28. The third-order valence-corrected chi connectivity index (χ3v) is 6.47. The first kappa shape index (κ1) is 17.5. The van der Waals surface area contributed by atoms with E-state index in [9.17, 15) is 14.7 Å². The van der Waals surface area contributed by atoms with Gasteiger partial charge in [0, 0.05) is 18.8 Å². The number of rotatable bonds is 4. The lowest BCUT2D eigenvalue weighted by Gasteiger charge is -2.47. The van der Waals surface area contributed by atoms with E-state index in [2.05, 4.69) is 25.1 Å². The minimum Gasteiger partial charge on any atom is -0.477 e. The topological polar surface area (TPSA) is 86.9 Å². The average molecular weight is 353 g/mol. The van der Waals surface area contributed by atoms with Crippen LogP contribution in [-0.2, 0) is 9.59 Å². The molecule has 3 N–H and O–H groups in total. The number of thioether (sulfide) groups is 1. The van der Waals surface area contributed by atoms with E-state index in [1.807, 2.05) is 6.08 Å². The van der Waals surface area contributed by atoms with E-state index in [1.54, 1.807) is 0 Å². The number of fused-ring (bicyclic) bond motifs is 1. The fourth-order valence-corrected chi connectivity index (χ4v) is 4.61. The van der Waals surface area contributed by atoms with E-state index < -0.39 is 12.0 Å². The first-order chi connectivity index (χ1) is 11.3. The van der Waals surface area contributed by atoms with Gasteiger partial charge in [-0.3, -0.25) is 14.6 Å². The molecule has 3 aliphatic heterocycles. The summed E-state index contributed by atoms with van der Waals surface area (Å²) in [5.41, 5.74) is 6.56. The molecule has 132 valence electrons. The van der Waals surface area contributed by atoms with E-state index in [-0.39, 0.29) is 17.0 Å². The number of carboxylic acids is 1. The van der Waals surface area contributed by atoms with Crippen molar-refractivity contribution in [3.63, 3.8) is 0 Å². The predicted octanol–water partition coefficient (Wildman–Crippen LogP) is -0.484. The van der Waals surface area contributed by atoms with Crippen LogP contribution in [0.5, 0.6) is 0 Å². The van der Waals surface area contributed by atoms with Crippen LogP contribution in [0, 0.1) is 0 Å². The maximum absolute atomic E-state index is 11.9. The van der Waals surface area contributed by atoms with Gasteiger partial charge in [-0.05, 0) is 18.7 Å². The van der Waals surface area contributed by atoms with Crippen LogP contribution in [0.3, 0.4) is 0 Å². The van der Waals surface area contributed by atoms with Crippen molar-refractivity contribution in [2.75, 3.05) is 52.6 Å². The maximum atomic E-state index is 11.9. The molecule has 24 heavy (non-hydrogen) atoms. The molecule has 2 atom stereocenters. The molecular formula is C16H25N4O3S+. The first-order valence-electron chi connectivity index (χ1n) is 8.18. The summed E-state index contributed by atoms with van der Waals surface area (Å²) in [5.74, 6) is -0.777. The summed E-state index contributed by atoms with van der Waals surface area (Å²) in [6.07, 6.45) is 3.93. The molecule has 0 aromatic heterocycles. The normalized spacial score (nSPS) is 30.5. The molecule has 3 heterocycles. The summed E-state index contributed by atoms with van der Waals surface area (Å²) >= 11 is 1.54. The molecule has 0 radical (unpaired) electrons. The lowest BCUT2D eigenvalue weighted by molar-refractivity contribution is -0.908. The van der Waals surface area contributed by atoms with Gasteiger partial charge in [0.1, 0.15) is 17.1 Å². The van der Waals surface area contributed by atoms with Crippen LogP contribution in [0.2, 0.25) is 0 Å². The highest BCUT2D eigenvalue weighted by Gasteiger charge is 2.51. The van der Waals surface area contributed by atoms with Gasteiger partial charge in [0.15, 0.2) is 0 Å². The number of aliphatic carboxylic acids is 1. The number of carboxylic acid groups (broad SMARTS) is 1. The fraction of sp³-hybridized carbons (Fsp3) is 0.625. The zero-order valence-corrected chi connectivity index (χ0v) is 15.0. The SMILES string of the molecule is CN1CC[N+](C)(CC=CC2=C(C(=O)O)N3C(=O)[C@@H](N)[C@H]3SC2)CC1. The summed E-state index contributed by atoms with van der Waals surface area (Å²) < 4.78 is 0.958. The number of nitrogens with two attached hydrogens (primary N) is 1. The Morgan fingerprint density at radius 2 is 2.12 bits per heavy atom. The van der Waals surface area contributed by atoms with Crippen LogP contribution in [0.1, 0.15) is 0 Å². The molecule has 0 saturated carbocycles. The minimum atomic E-state index is -1.06. The van der Waals surface area contributed by atoms with Gasteiger partial charge >= 0.3 is 5.97 Å². The number of nitrogens with zero attached hydrogens (tertiary/aromatic N) is 3. The van der Waals surface area contributed by atoms with E-state index in [0.29, 0.717) is 11.3 Å². The zero-order valence-electron chi connectivity index (χ0n) is 14.1. The third-order valence-electron chi connectivity index (χ3n) is 5.15. The van der Waals surface area contributed by atoms with Crippen molar-refractivity contribution in [1.82, 2.24) is 9.80 Å². The second-order valence-electron chi connectivity index (χ2n) is 7.07. The summed E-state index contributed by atoms with van der Waals surface area (Å²) in [7, 11) is 4.36. The Morgan fingerprint density at radius 3 is 2.75 bits per heavy atom. The fourth-order valence-electron chi connectivity index (χ4n) is 3.35. The molecule has 3 rings (SSSR count). The molecule has 0 aromatic carbocycles. The standard InChI is InChI=1S/C16H24N4O3S/c1-18-5-8-20(2,9-6-18)7-3-4-11-10-24-15-12(17)14(21)19(15)13(11)16(22)23/h3-4,12,15H,5-10,17H2,1-2H3/p+1/t12-,15-/m1/s1. The van der Waals surface area contributed by atoms with Gasteiger partial charge in [-0.15, -0.1) is 11.8 Å². The highest BCUT2D eigenvalue weighted by atomic mass is 32.2. The van der Waals surface area contributed by atoms with Gasteiger partial charge < -0.3 is 15.3 Å². The van der Waals surface area contributed by atoms with Crippen LogP contribution in [0.4, 0.5) is 0 Å². The van der Waals surface area contributed by atoms with Crippen LogP contribution in [0.25, 0.3) is 0 Å². The van der Waals surface area contributed by atoms with Gasteiger partial charge in [0.05, 0.1) is 26.7 Å². The molecule has 8 heteroatoms. The monoisotopic (exact) mass is 353 g/mol. The number of quaternary nitrogens is 1. The maximum Gasteiger partial charge on any atom is 0.352 e. The van der Waals surface area contributed by atoms with E-state index in [1.165, 1.54) is 16.7 Å². The number of carbonyl (C=O) groups excluding carboxylic acids is 1. The molecule has 0 aromatic rings. The number of hydrogen-bond acceptors (Lipinski definition) is 5. The van der Waals surface area contributed by atoms with Crippen molar-refractivity contribution in [3.05, 3.63) is 23.4 Å². The first-order valence-corrected chi connectivity index (χ1v) is 9.23. The predicted molar refractivity (Wildman–Crippen MR) is 93.2 cm³/mol. The van der Waals surface area contributed by atoms with E-state index >= 15 is 0 Å². The van der Waals surface area contributed by atoms with E-state index in [4.69, 9.17) is 5.73 Å². The highest BCUT2D eigenvalue weighted by Crippen LogP contribution is 2.39. The van der Waals surface area contributed by atoms with Gasteiger partial charge in [0.2, 0.25) is 5.91 Å². The van der Waals surface area contributed by atoms with Crippen molar-refractivity contribution < 1.29 is 19.2 Å². The number of hydrogen-bond donors (Lipinski definition) is 2. The Labute approximate surface area is 146 Å². The van der Waals surface area contributed by atoms with Crippen LogP contribution in [-0.4, -0.2) is 95.3 Å². The smallest absolute Gasteiger partial charge is 0.352 e. The second-order valence-corrected chi connectivity index (χ2v) is 8.17. The zero-order chi connectivity index (χ0) is 17.5. The number of likely N-dealkylation sites (N-methyl/N-ethyl adjacent to an activating group) is 2. The highest BCUT2D eigenvalue weighted by molar-refractivity contribution is 8.00. The van der Waals surface area contributed by atoms with Gasteiger partial charge in [0.25, 0.3) is 0 Å². The molecule has 2 saturated heterocycles. The average Bonchev–Trinajstić information content (AvgIpc) is 2.56. The summed E-state index contributed by atoms with van der Waals surface area (Å²) in [6, 6.07) is -0.579. The Hall–Kier alpha value is -1.35. The van der Waals surface area contributed by atoms with Crippen molar-refractivity contribution in [2.45, 2.75) is 11.4 Å². The Bertz CT molecular complexity index is 610. The van der Waals surface area contributed by atoms with Gasteiger partial charge in [-0.2, -0.15) is 0 Å². The molecule has 0 bridgehead atoms. The molecule has 0 spiro atoms. The van der Waals surface area contributed by atoms with Crippen molar-refractivity contribution in [2.24, 2.45) is 5.73 Å². The molecule has 1 amide bonds. The summed E-state index contributed by atoms with van der Waals surface area (Å²) in [4.78, 5) is 27.2. The van der Waals surface area contributed by atoms with E-state index in [0.717, 1.165) is 37.2 Å². The summed E-state index contributed by atoms with van der Waals surface area (Å²) in [6.45, 7) is 5.19. The molecule has 2 fully saturated rings. The Kier molecular flexibility index (Phi) is 4.74. The second kappa shape index (κ2) is 6.51. The van der Waals surface area contributed by atoms with Crippen LogP contribution < -0.4 is 5.73 Å². The third kappa shape index (κ3) is 3.11.